The predicted octanol–water partition coefficient (Wildman–Crippen LogP) is 6.05. The molecule has 3 nitrogen and oxygen atoms in total. The topological polar surface area (TPSA) is 40.7 Å². The van der Waals surface area contributed by atoms with E-state index in [9.17, 15) is 4.39 Å². The van der Waals surface area contributed by atoms with Crippen LogP contribution in [0.2, 0.25) is 0 Å². The molecule has 0 atom stereocenters. The number of hydrogen-bond donors (Lipinski definition) is 2. The highest BCUT2D eigenvalue weighted by molar-refractivity contribution is 6.07. The summed E-state index contributed by atoms with van der Waals surface area (Å²) < 4.78 is 13.5. The van der Waals surface area contributed by atoms with Crippen LogP contribution in [-0.2, 0) is 0 Å². The highest BCUT2D eigenvalue weighted by Gasteiger charge is 2.18. The minimum atomic E-state index is -0.248. The molecule has 5 rings (SSSR count). The molecule has 0 spiro atoms. The van der Waals surface area contributed by atoms with E-state index in [4.69, 9.17) is 0 Å². The van der Waals surface area contributed by atoms with Crippen LogP contribution in [-0.4, -0.2) is 9.97 Å². The molecule has 0 saturated heterocycles. The summed E-state index contributed by atoms with van der Waals surface area (Å²) in [6.07, 6.45) is 13.5. The summed E-state index contributed by atoms with van der Waals surface area (Å²) in [4.78, 5) is 7.77. The van der Waals surface area contributed by atoms with E-state index in [1.165, 1.54) is 12.1 Å². The van der Waals surface area contributed by atoms with E-state index < -0.39 is 0 Å². The van der Waals surface area contributed by atoms with E-state index in [1.54, 1.807) is 24.5 Å². The maximum atomic E-state index is 13.5. The Morgan fingerprint density at radius 3 is 2.45 bits per heavy atom. The average Bonchev–Trinajstić information content (AvgIpc) is 2.94. The number of aromatic amines is 1. The third-order valence-electron chi connectivity index (χ3n) is 5.05. The SMILES string of the molecule is Fc1ccc(-c2[nH]c3c(C4=CC=CC=CN4)cccc3c2-c2ccncc2)cc1. The number of halogens is 1. The first-order chi connectivity index (χ1) is 14.3. The standard InChI is InChI=1S/C25H18FN3/c26-19-10-8-18(9-11-19)24-23(17-12-15-27-16-13-17)21-6-4-5-20(25(21)29-24)22-7-2-1-3-14-28-22/h1-16,28-29H. The van der Waals surface area contributed by atoms with Gasteiger partial charge < -0.3 is 10.3 Å². The predicted molar refractivity (Wildman–Crippen MR) is 116 cm³/mol. The molecule has 1 aliphatic rings. The van der Waals surface area contributed by atoms with Crippen LogP contribution in [0, 0.1) is 5.82 Å². The van der Waals surface area contributed by atoms with Crippen molar-refractivity contribution in [1.82, 2.24) is 15.3 Å². The van der Waals surface area contributed by atoms with Crippen molar-refractivity contribution in [3.63, 3.8) is 0 Å². The van der Waals surface area contributed by atoms with Gasteiger partial charge in [0.05, 0.1) is 11.2 Å². The summed E-state index contributed by atoms with van der Waals surface area (Å²) in [6, 6.07) is 16.8. The minimum Gasteiger partial charge on any atom is -0.361 e. The van der Waals surface area contributed by atoms with Crippen LogP contribution in [0.1, 0.15) is 5.56 Å². The maximum Gasteiger partial charge on any atom is 0.123 e. The molecule has 2 aromatic heterocycles. The Hall–Kier alpha value is -3.92. The molecule has 0 bridgehead atoms. The summed E-state index contributed by atoms with van der Waals surface area (Å²) >= 11 is 0. The van der Waals surface area contributed by atoms with Gasteiger partial charge in [-0.2, -0.15) is 0 Å². The Morgan fingerprint density at radius 1 is 0.793 bits per heavy atom. The zero-order chi connectivity index (χ0) is 19.6. The number of rotatable bonds is 3. The molecule has 0 amide bonds. The van der Waals surface area contributed by atoms with Crippen LogP contribution in [0.3, 0.4) is 0 Å². The molecule has 2 N–H and O–H groups in total. The van der Waals surface area contributed by atoms with Gasteiger partial charge in [-0.15, -0.1) is 0 Å². The Kier molecular flexibility index (Phi) is 4.30. The lowest BCUT2D eigenvalue weighted by Crippen LogP contribution is -2.03. The van der Waals surface area contributed by atoms with Gasteiger partial charge in [0.15, 0.2) is 0 Å². The van der Waals surface area contributed by atoms with Gasteiger partial charge in [-0.3, -0.25) is 4.98 Å². The molecule has 0 fully saturated rings. The molecule has 0 unspecified atom stereocenters. The quantitative estimate of drug-likeness (QED) is 0.455. The van der Waals surface area contributed by atoms with Gasteiger partial charge in [0.1, 0.15) is 5.82 Å². The van der Waals surface area contributed by atoms with E-state index >= 15 is 0 Å². The third kappa shape index (κ3) is 3.15. The van der Waals surface area contributed by atoms with Crippen molar-refractivity contribution >= 4 is 16.6 Å². The van der Waals surface area contributed by atoms with Crippen LogP contribution in [0.15, 0.2) is 97.5 Å². The minimum absolute atomic E-state index is 0.248. The van der Waals surface area contributed by atoms with E-state index in [0.29, 0.717) is 0 Å². The first-order valence-electron chi connectivity index (χ1n) is 9.43. The average molecular weight is 379 g/mol. The number of H-pyrrole nitrogens is 1. The molecule has 3 heterocycles. The number of fused-ring (bicyclic) bond motifs is 1. The largest absolute Gasteiger partial charge is 0.361 e. The Balaban J connectivity index is 1.80. The van der Waals surface area contributed by atoms with Crippen molar-refractivity contribution in [3.05, 3.63) is 109 Å². The number of nitrogens with zero attached hydrogens (tertiary/aromatic N) is 1. The molecule has 0 saturated carbocycles. The molecule has 0 radical (unpaired) electrons. The van der Waals surface area contributed by atoms with Gasteiger partial charge in [-0.25, -0.2) is 4.39 Å². The number of allylic oxidation sites excluding steroid dienone is 4. The molecule has 2 aromatic carbocycles. The second-order valence-electron chi connectivity index (χ2n) is 6.81. The number of aromatic nitrogens is 2. The van der Waals surface area contributed by atoms with Gasteiger partial charge in [-0.1, -0.05) is 30.4 Å². The van der Waals surface area contributed by atoms with Gasteiger partial charge >= 0.3 is 0 Å². The molecule has 29 heavy (non-hydrogen) atoms. The summed E-state index contributed by atoms with van der Waals surface area (Å²) in [7, 11) is 0. The lowest BCUT2D eigenvalue weighted by molar-refractivity contribution is 0.628. The highest BCUT2D eigenvalue weighted by atomic mass is 19.1. The van der Waals surface area contributed by atoms with E-state index in [2.05, 4.69) is 39.6 Å². The van der Waals surface area contributed by atoms with Gasteiger partial charge in [0.2, 0.25) is 0 Å². The lowest BCUT2D eigenvalue weighted by Gasteiger charge is -2.08. The Bertz CT molecular complexity index is 1260. The lowest BCUT2D eigenvalue weighted by atomic mass is 9.98. The first kappa shape index (κ1) is 17.2. The van der Waals surface area contributed by atoms with Crippen LogP contribution in [0.25, 0.3) is 39.0 Å². The molecular weight excluding hydrogens is 361 g/mol. The molecular formula is C25H18FN3. The fourth-order valence-corrected chi connectivity index (χ4v) is 3.72. The first-order valence-corrected chi connectivity index (χ1v) is 9.43. The Morgan fingerprint density at radius 2 is 1.62 bits per heavy atom. The monoisotopic (exact) mass is 379 g/mol. The Labute approximate surface area is 167 Å². The van der Waals surface area contributed by atoms with Crippen molar-refractivity contribution in [1.29, 1.82) is 0 Å². The fourth-order valence-electron chi connectivity index (χ4n) is 3.72. The van der Waals surface area contributed by atoms with Gasteiger partial charge in [0, 0.05) is 40.8 Å². The highest BCUT2D eigenvalue weighted by Crippen LogP contribution is 2.40. The maximum absolute atomic E-state index is 13.5. The zero-order valence-electron chi connectivity index (χ0n) is 15.6. The molecule has 140 valence electrons. The van der Waals surface area contributed by atoms with E-state index in [-0.39, 0.29) is 5.82 Å². The van der Waals surface area contributed by atoms with Crippen molar-refractivity contribution in [2.45, 2.75) is 0 Å². The zero-order valence-corrected chi connectivity index (χ0v) is 15.6. The summed E-state index contributed by atoms with van der Waals surface area (Å²) in [5, 5.41) is 4.45. The molecule has 0 aliphatic carbocycles. The molecule has 1 aliphatic heterocycles. The van der Waals surface area contributed by atoms with Crippen molar-refractivity contribution < 1.29 is 4.39 Å². The molecule has 4 aromatic rings. The third-order valence-corrected chi connectivity index (χ3v) is 5.05. The second kappa shape index (κ2) is 7.24. The van der Waals surface area contributed by atoms with Crippen LogP contribution < -0.4 is 5.32 Å². The van der Waals surface area contributed by atoms with Crippen molar-refractivity contribution in [2.24, 2.45) is 0 Å². The fraction of sp³-hybridized carbons (Fsp3) is 0. The van der Waals surface area contributed by atoms with E-state index in [1.807, 2.05) is 36.6 Å². The summed E-state index contributed by atoms with van der Waals surface area (Å²) in [5.74, 6) is -0.248. The molecule has 4 heteroatoms. The van der Waals surface area contributed by atoms with Crippen molar-refractivity contribution in [2.75, 3.05) is 0 Å². The number of para-hydroxylation sites is 1. The number of benzene rings is 2. The van der Waals surface area contributed by atoms with E-state index in [0.717, 1.165) is 44.5 Å². The van der Waals surface area contributed by atoms with Crippen LogP contribution in [0.4, 0.5) is 4.39 Å². The van der Waals surface area contributed by atoms with Crippen LogP contribution in [0.5, 0.6) is 0 Å². The normalized spacial score (nSPS) is 13.2. The number of hydrogen-bond acceptors (Lipinski definition) is 2. The summed E-state index contributed by atoms with van der Waals surface area (Å²) in [5.41, 5.74) is 7.14. The smallest absolute Gasteiger partial charge is 0.123 e. The van der Waals surface area contributed by atoms with Gasteiger partial charge in [0.25, 0.3) is 0 Å². The number of nitrogens with one attached hydrogen (secondary N) is 2. The van der Waals surface area contributed by atoms with Gasteiger partial charge in [-0.05, 0) is 59.7 Å². The number of pyridine rings is 1. The van der Waals surface area contributed by atoms with Crippen LogP contribution >= 0.6 is 0 Å². The van der Waals surface area contributed by atoms with Crippen molar-refractivity contribution in [3.8, 4) is 22.4 Å². The summed E-state index contributed by atoms with van der Waals surface area (Å²) in [6.45, 7) is 0. The second-order valence-corrected chi connectivity index (χ2v) is 6.81.